The summed E-state index contributed by atoms with van der Waals surface area (Å²) < 4.78 is 12.4. The lowest BCUT2D eigenvalue weighted by Gasteiger charge is -2.20. The highest BCUT2D eigenvalue weighted by molar-refractivity contribution is 7.98. The van der Waals surface area contributed by atoms with E-state index >= 15 is 0 Å². The van der Waals surface area contributed by atoms with Crippen molar-refractivity contribution in [1.82, 2.24) is 10.6 Å². The van der Waals surface area contributed by atoms with Crippen LogP contribution in [0.3, 0.4) is 0 Å². The van der Waals surface area contributed by atoms with Crippen LogP contribution in [0.25, 0.3) is 0 Å². The van der Waals surface area contributed by atoms with E-state index in [0.29, 0.717) is 12.2 Å². The fraction of sp³-hybridized carbons (Fsp3) is 0.667. The van der Waals surface area contributed by atoms with Gasteiger partial charge in [0, 0.05) is 6.92 Å². The number of ketones is 1. The molecule has 2 unspecified atom stereocenters. The first-order chi connectivity index (χ1) is 9.81. The molecule has 0 saturated carbocycles. The molecule has 0 aromatic carbocycles. The average molecular weight is 322 g/mol. The first kappa shape index (κ1) is 19.4. The number of hydrogen-bond donors (Lipinski definition) is 3. The van der Waals surface area contributed by atoms with E-state index in [1.54, 1.807) is 0 Å². The molecule has 9 heteroatoms. The third-order valence-corrected chi connectivity index (χ3v) is 3.16. The predicted molar refractivity (Wildman–Crippen MR) is 75.8 cm³/mol. The molecule has 7 nitrogen and oxygen atoms in total. The molecular weight excluding hydrogens is 303 g/mol. The van der Waals surface area contributed by atoms with Crippen molar-refractivity contribution in [2.45, 2.75) is 31.8 Å². The van der Waals surface area contributed by atoms with E-state index < -0.39 is 48.7 Å². The van der Waals surface area contributed by atoms with Crippen LogP contribution in [0.15, 0.2) is 0 Å². The van der Waals surface area contributed by atoms with Gasteiger partial charge < -0.3 is 15.7 Å². The SMILES string of the molecule is CSCCC(NC(C)=O)C(=O)NC(CC(=O)O)C(=O)CF. The molecule has 2 amide bonds. The summed E-state index contributed by atoms with van der Waals surface area (Å²) in [6.07, 6.45) is 1.43. The number of amides is 2. The number of carbonyl (C=O) groups is 4. The zero-order chi connectivity index (χ0) is 16.4. The van der Waals surface area contributed by atoms with Crippen molar-refractivity contribution in [3.63, 3.8) is 0 Å². The van der Waals surface area contributed by atoms with Gasteiger partial charge in [-0.3, -0.25) is 19.2 Å². The molecule has 120 valence electrons. The minimum atomic E-state index is -1.44. The van der Waals surface area contributed by atoms with Crippen LogP contribution in [0.4, 0.5) is 4.39 Å². The van der Waals surface area contributed by atoms with E-state index in [9.17, 15) is 23.6 Å². The summed E-state index contributed by atoms with van der Waals surface area (Å²) in [5.74, 6) is -2.89. The quantitative estimate of drug-likeness (QED) is 0.511. The average Bonchev–Trinajstić information content (AvgIpc) is 2.40. The van der Waals surface area contributed by atoms with E-state index in [1.165, 1.54) is 18.7 Å². The lowest BCUT2D eigenvalue weighted by Crippen LogP contribution is -2.52. The maximum atomic E-state index is 12.4. The lowest BCUT2D eigenvalue weighted by atomic mass is 10.1. The smallest absolute Gasteiger partial charge is 0.305 e. The lowest BCUT2D eigenvalue weighted by molar-refractivity contribution is -0.140. The van der Waals surface area contributed by atoms with E-state index in [4.69, 9.17) is 5.11 Å². The molecule has 0 spiro atoms. The molecule has 0 aliphatic rings. The second kappa shape index (κ2) is 10.1. The highest BCUT2D eigenvalue weighted by Gasteiger charge is 2.27. The number of alkyl halides is 1. The summed E-state index contributed by atoms with van der Waals surface area (Å²) in [7, 11) is 0. The van der Waals surface area contributed by atoms with E-state index in [-0.39, 0.29) is 0 Å². The molecule has 0 heterocycles. The molecule has 0 saturated heterocycles. The van der Waals surface area contributed by atoms with Crippen LogP contribution in [0.2, 0.25) is 0 Å². The molecule has 0 radical (unpaired) electrons. The van der Waals surface area contributed by atoms with Gasteiger partial charge in [-0.05, 0) is 18.4 Å². The Labute approximate surface area is 126 Å². The van der Waals surface area contributed by atoms with Gasteiger partial charge in [0.25, 0.3) is 0 Å². The number of aliphatic carboxylic acids is 1. The Morgan fingerprint density at radius 3 is 2.24 bits per heavy atom. The van der Waals surface area contributed by atoms with Gasteiger partial charge in [-0.25, -0.2) is 4.39 Å². The summed E-state index contributed by atoms with van der Waals surface area (Å²) in [6, 6.07) is -2.33. The Balaban J connectivity index is 4.82. The second-order valence-electron chi connectivity index (χ2n) is 4.29. The largest absolute Gasteiger partial charge is 0.481 e. The third-order valence-electron chi connectivity index (χ3n) is 2.52. The maximum absolute atomic E-state index is 12.4. The fourth-order valence-corrected chi connectivity index (χ4v) is 2.01. The summed E-state index contributed by atoms with van der Waals surface area (Å²) in [5, 5.41) is 13.3. The Morgan fingerprint density at radius 2 is 1.81 bits per heavy atom. The number of Topliss-reactive ketones (excluding diaryl/α,β-unsaturated/α-hetero) is 1. The van der Waals surface area contributed by atoms with E-state index in [0.717, 1.165) is 0 Å². The first-order valence-electron chi connectivity index (χ1n) is 6.18. The molecule has 0 aliphatic carbocycles. The van der Waals surface area contributed by atoms with Crippen molar-refractivity contribution in [3.05, 3.63) is 0 Å². The molecular formula is C12H19FN2O5S. The number of carboxylic acids is 1. The van der Waals surface area contributed by atoms with Gasteiger partial charge in [-0.1, -0.05) is 0 Å². The second-order valence-corrected chi connectivity index (χ2v) is 5.28. The summed E-state index contributed by atoms with van der Waals surface area (Å²) in [4.78, 5) is 45.0. The van der Waals surface area contributed by atoms with Gasteiger partial charge in [0.2, 0.25) is 11.8 Å². The zero-order valence-corrected chi connectivity index (χ0v) is 12.7. The van der Waals surface area contributed by atoms with Gasteiger partial charge in [-0.15, -0.1) is 0 Å². The number of hydrogen-bond acceptors (Lipinski definition) is 5. The molecule has 21 heavy (non-hydrogen) atoms. The zero-order valence-electron chi connectivity index (χ0n) is 11.8. The fourth-order valence-electron chi connectivity index (χ4n) is 1.54. The van der Waals surface area contributed by atoms with E-state index in [1.807, 2.05) is 6.26 Å². The summed E-state index contributed by atoms with van der Waals surface area (Å²) in [6.45, 7) is -0.130. The van der Waals surface area contributed by atoms with Crippen molar-refractivity contribution in [1.29, 1.82) is 0 Å². The monoisotopic (exact) mass is 322 g/mol. The number of thioether (sulfide) groups is 1. The van der Waals surface area contributed by atoms with Gasteiger partial charge in [0.1, 0.15) is 18.8 Å². The van der Waals surface area contributed by atoms with Crippen LogP contribution in [0, 0.1) is 0 Å². The van der Waals surface area contributed by atoms with Gasteiger partial charge in [0.15, 0.2) is 5.78 Å². The predicted octanol–water partition coefficient (Wildman–Crippen LogP) is -0.258. The highest BCUT2D eigenvalue weighted by Crippen LogP contribution is 2.03. The van der Waals surface area contributed by atoms with Crippen LogP contribution < -0.4 is 10.6 Å². The van der Waals surface area contributed by atoms with Crippen LogP contribution >= 0.6 is 11.8 Å². The minimum Gasteiger partial charge on any atom is -0.481 e. The first-order valence-corrected chi connectivity index (χ1v) is 7.58. The third kappa shape index (κ3) is 8.28. The standard InChI is InChI=1S/C12H19FN2O5S/c1-7(16)14-8(3-4-21-2)12(20)15-9(5-11(18)19)10(17)6-13/h8-9H,3-6H2,1-2H3,(H,14,16)(H,15,20)(H,18,19). The number of halogens is 1. The molecule has 0 rings (SSSR count). The molecule has 0 aliphatic heterocycles. The van der Waals surface area contributed by atoms with Crippen molar-refractivity contribution in [3.8, 4) is 0 Å². The summed E-state index contributed by atoms with van der Waals surface area (Å²) in [5.41, 5.74) is 0. The Hall–Kier alpha value is -1.64. The Morgan fingerprint density at radius 1 is 1.19 bits per heavy atom. The normalized spacial score (nSPS) is 13.1. The minimum absolute atomic E-state index is 0.316. The van der Waals surface area contributed by atoms with Crippen molar-refractivity contribution < 1.29 is 28.7 Å². The maximum Gasteiger partial charge on any atom is 0.305 e. The van der Waals surface area contributed by atoms with Crippen molar-refractivity contribution in [2.24, 2.45) is 0 Å². The summed E-state index contributed by atoms with van der Waals surface area (Å²) >= 11 is 1.46. The van der Waals surface area contributed by atoms with Crippen LogP contribution in [0.5, 0.6) is 0 Å². The van der Waals surface area contributed by atoms with Gasteiger partial charge in [0.05, 0.1) is 6.42 Å². The molecule has 2 atom stereocenters. The molecule has 0 fully saturated rings. The number of rotatable bonds is 10. The Kier molecular flexibility index (Phi) is 9.35. The molecule has 0 bridgehead atoms. The van der Waals surface area contributed by atoms with Crippen molar-refractivity contribution >= 4 is 35.3 Å². The van der Waals surface area contributed by atoms with Crippen LogP contribution in [0.1, 0.15) is 19.8 Å². The van der Waals surface area contributed by atoms with Gasteiger partial charge >= 0.3 is 5.97 Å². The topological polar surface area (TPSA) is 113 Å². The number of carbonyl (C=O) groups excluding carboxylic acids is 3. The number of carboxylic acid groups (broad SMARTS) is 1. The molecule has 3 N–H and O–H groups in total. The van der Waals surface area contributed by atoms with Crippen molar-refractivity contribution in [2.75, 3.05) is 18.7 Å². The van der Waals surface area contributed by atoms with Gasteiger partial charge in [-0.2, -0.15) is 11.8 Å². The highest BCUT2D eigenvalue weighted by atomic mass is 32.2. The molecule has 0 aromatic rings. The number of nitrogens with one attached hydrogen (secondary N) is 2. The Bertz CT molecular complexity index is 405. The van der Waals surface area contributed by atoms with Crippen LogP contribution in [-0.4, -0.2) is 59.4 Å². The van der Waals surface area contributed by atoms with E-state index in [2.05, 4.69) is 10.6 Å². The molecule has 0 aromatic heterocycles. The van der Waals surface area contributed by atoms with Crippen LogP contribution in [-0.2, 0) is 19.2 Å².